The van der Waals surface area contributed by atoms with E-state index in [1.807, 2.05) is 6.07 Å². The zero-order valence-corrected chi connectivity index (χ0v) is 13.8. The fourth-order valence-corrected chi connectivity index (χ4v) is 2.74. The summed E-state index contributed by atoms with van der Waals surface area (Å²) < 4.78 is 23.9. The number of carbonyl (C=O) groups excluding carboxylic acids is 1. The number of hydrogen-bond acceptors (Lipinski definition) is 4. The Morgan fingerprint density at radius 1 is 1.17 bits per heavy atom. The lowest BCUT2D eigenvalue weighted by molar-refractivity contribution is -0.118. The minimum absolute atomic E-state index is 0.146. The summed E-state index contributed by atoms with van der Waals surface area (Å²) in [6.45, 7) is 0.317. The van der Waals surface area contributed by atoms with Crippen molar-refractivity contribution < 1.29 is 18.7 Å². The molecular weight excluding hydrogens is 317 g/mol. The number of amides is 1. The van der Waals surface area contributed by atoms with E-state index in [1.54, 1.807) is 44.6 Å². The van der Waals surface area contributed by atoms with Crippen LogP contribution in [0.2, 0.25) is 0 Å². The first-order valence-electron chi connectivity index (χ1n) is 6.99. The number of ether oxygens (including phenoxy) is 2. The largest absolute Gasteiger partial charge is 0.497 e. The molecule has 0 aliphatic heterocycles. The highest BCUT2D eigenvalue weighted by atomic mass is 32.2. The smallest absolute Gasteiger partial charge is 0.230 e. The molecule has 0 saturated heterocycles. The first kappa shape index (κ1) is 17.1. The van der Waals surface area contributed by atoms with Gasteiger partial charge in [-0.2, -0.15) is 0 Å². The predicted molar refractivity (Wildman–Crippen MR) is 88.5 cm³/mol. The third-order valence-corrected chi connectivity index (χ3v) is 4.21. The molecule has 0 fully saturated rings. The first-order valence-corrected chi connectivity index (χ1v) is 7.97. The van der Waals surface area contributed by atoms with Crippen LogP contribution >= 0.6 is 11.8 Å². The van der Waals surface area contributed by atoms with Gasteiger partial charge < -0.3 is 14.8 Å². The van der Waals surface area contributed by atoms with Crippen molar-refractivity contribution in [3.05, 3.63) is 53.8 Å². The fourth-order valence-electron chi connectivity index (χ4n) is 1.97. The van der Waals surface area contributed by atoms with Crippen molar-refractivity contribution in [2.75, 3.05) is 20.0 Å². The van der Waals surface area contributed by atoms with Crippen molar-refractivity contribution in [3.63, 3.8) is 0 Å². The van der Waals surface area contributed by atoms with E-state index in [2.05, 4.69) is 5.32 Å². The molecule has 0 unspecified atom stereocenters. The molecule has 6 heteroatoms. The van der Waals surface area contributed by atoms with Crippen LogP contribution in [0.15, 0.2) is 47.4 Å². The van der Waals surface area contributed by atoms with E-state index in [9.17, 15) is 9.18 Å². The Kier molecular flexibility index (Phi) is 6.29. The zero-order valence-electron chi connectivity index (χ0n) is 13.0. The Bertz CT molecular complexity index is 679. The van der Waals surface area contributed by atoms with Gasteiger partial charge >= 0.3 is 0 Å². The number of methoxy groups -OCH3 is 2. The number of benzene rings is 2. The van der Waals surface area contributed by atoms with Gasteiger partial charge in [0.1, 0.15) is 17.3 Å². The van der Waals surface area contributed by atoms with Gasteiger partial charge in [0.05, 0.1) is 20.0 Å². The van der Waals surface area contributed by atoms with Gasteiger partial charge in [-0.25, -0.2) is 4.39 Å². The van der Waals surface area contributed by atoms with Crippen LogP contribution in [-0.4, -0.2) is 25.9 Å². The number of nitrogens with one attached hydrogen (secondary N) is 1. The Hall–Kier alpha value is -2.21. The minimum atomic E-state index is -0.320. The van der Waals surface area contributed by atoms with Crippen LogP contribution in [0.4, 0.5) is 4.39 Å². The molecule has 2 rings (SSSR count). The number of halogens is 1. The standard InChI is InChI=1S/C17H18FNO3S/c1-21-13-7-8-15(22-2)12(9-13)10-19-17(20)11-23-16-6-4-3-5-14(16)18/h3-9H,10-11H2,1-2H3,(H,19,20). The number of thioether (sulfide) groups is 1. The Morgan fingerprint density at radius 3 is 2.65 bits per heavy atom. The lowest BCUT2D eigenvalue weighted by Crippen LogP contribution is -2.24. The van der Waals surface area contributed by atoms with Gasteiger partial charge in [-0.3, -0.25) is 4.79 Å². The molecule has 1 N–H and O–H groups in total. The molecule has 0 aliphatic carbocycles. The van der Waals surface area contributed by atoms with E-state index in [0.29, 0.717) is 22.9 Å². The minimum Gasteiger partial charge on any atom is -0.497 e. The van der Waals surface area contributed by atoms with Gasteiger partial charge in [-0.05, 0) is 30.3 Å². The second-order valence-electron chi connectivity index (χ2n) is 4.67. The molecule has 0 aromatic heterocycles. The highest BCUT2D eigenvalue weighted by Crippen LogP contribution is 2.24. The summed E-state index contributed by atoms with van der Waals surface area (Å²) in [5.74, 6) is 1.01. The van der Waals surface area contributed by atoms with Crippen LogP contribution in [0.1, 0.15) is 5.56 Å². The van der Waals surface area contributed by atoms with Crippen LogP contribution in [0.5, 0.6) is 11.5 Å². The molecule has 0 bridgehead atoms. The van der Waals surface area contributed by atoms with Gasteiger partial charge in [-0.1, -0.05) is 12.1 Å². The maximum Gasteiger partial charge on any atom is 0.230 e. The molecule has 0 radical (unpaired) electrons. The van der Waals surface area contributed by atoms with Crippen LogP contribution in [0, 0.1) is 5.82 Å². The topological polar surface area (TPSA) is 47.6 Å². The highest BCUT2D eigenvalue weighted by Gasteiger charge is 2.09. The molecule has 2 aromatic carbocycles. The monoisotopic (exact) mass is 335 g/mol. The summed E-state index contributed by atoms with van der Waals surface area (Å²) in [4.78, 5) is 12.4. The van der Waals surface area contributed by atoms with E-state index in [1.165, 1.54) is 6.07 Å². The van der Waals surface area contributed by atoms with Crippen LogP contribution in [-0.2, 0) is 11.3 Å². The van der Waals surface area contributed by atoms with Crippen LogP contribution in [0.3, 0.4) is 0 Å². The van der Waals surface area contributed by atoms with Gasteiger partial charge in [-0.15, -0.1) is 11.8 Å². The fraction of sp³-hybridized carbons (Fsp3) is 0.235. The zero-order chi connectivity index (χ0) is 16.7. The molecule has 23 heavy (non-hydrogen) atoms. The van der Waals surface area contributed by atoms with E-state index >= 15 is 0 Å². The second kappa shape index (κ2) is 8.43. The molecule has 0 heterocycles. The summed E-state index contributed by atoms with van der Waals surface area (Å²) in [7, 11) is 3.15. The lowest BCUT2D eigenvalue weighted by atomic mass is 10.2. The van der Waals surface area contributed by atoms with E-state index < -0.39 is 0 Å². The van der Waals surface area contributed by atoms with E-state index in [4.69, 9.17) is 9.47 Å². The average molecular weight is 335 g/mol. The molecule has 122 valence electrons. The van der Waals surface area contributed by atoms with Crippen molar-refractivity contribution >= 4 is 17.7 Å². The number of carbonyl (C=O) groups is 1. The Morgan fingerprint density at radius 2 is 1.96 bits per heavy atom. The van der Waals surface area contributed by atoms with Gasteiger partial charge in [0.2, 0.25) is 5.91 Å². The van der Waals surface area contributed by atoms with Crippen molar-refractivity contribution in [1.82, 2.24) is 5.32 Å². The van der Waals surface area contributed by atoms with Crippen LogP contribution in [0.25, 0.3) is 0 Å². The molecule has 2 aromatic rings. The molecule has 0 spiro atoms. The highest BCUT2D eigenvalue weighted by molar-refractivity contribution is 8.00. The van der Waals surface area contributed by atoms with E-state index in [-0.39, 0.29) is 17.5 Å². The second-order valence-corrected chi connectivity index (χ2v) is 5.69. The van der Waals surface area contributed by atoms with Gasteiger partial charge in [0.15, 0.2) is 0 Å². The summed E-state index contributed by atoms with van der Waals surface area (Å²) in [5, 5.41) is 2.80. The van der Waals surface area contributed by atoms with Crippen LogP contribution < -0.4 is 14.8 Å². The maximum absolute atomic E-state index is 13.5. The quantitative estimate of drug-likeness (QED) is 0.789. The van der Waals surface area contributed by atoms with Crippen molar-refractivity contribution in [3.8, 4) is 11.5 Å². The van der Waals surface area contributed by atoms with Crippen molar-refractivity contribution in [1.29, 1.82) is 0 Å². The SMILES string of the molecule is COc1ccc(OC)c(CNC(=O)CSc2ccccc2F)c1. The molecule has 0 saturated carbocycles. The maximum atomic E-state index is 13.5. The van der Waals surface area contributed by atoms with Crippen molar-refractivity contribution in [2.45, 2.75) is 11.4 Å². The molecule has 1 amide bonds. The van der Waals surface area contributed by atoms with E-state index in [0.717, 1.165) is 17.3 Å². The lowest BCUT2D eigenvalue weighted by Gasteiger charge is -2.11. The summed E-state index contributed by atoms with van der Waals surface area (Å²) >= 11 is 1.16. The molecule has 0 aliphatic rings. The number of hydrogen-bond donors (Lipinski definition) is 1. The molecule has 4 nitrogen and oxygen atoms in total. The van der Waals surface area contributed by atoms with Gasteiger partial charge in [0.25, 0.3) is 0 Å². The third kappa shape index (κ3) is 4.89. The predicted octanol–water partition coefficient (Wildman–Crippen LogP) is 3.25. The van der Waals surface area contributed by atoms with Crippen molar-refractivity contribution in [2.24, 2.45) is 0 Å². The number of rotatable bonds is 7. The Labute approximate surface area is 139 Å². The first-order chi connectivity index (χ1) is 11.1. The summed E-state index contributed by atoms with van der Waals surface area (Å²) in [6.07, 6.45) is 0. The third-order valence-electron chi connectivity index (χ3n) is 3.16. The summed E-state index contributed by atoms with van der Waals surface area (Å²) in [6, 6.07) is 11.8. The average Bonchev–Trinajstić information content (AvgIpc) is 2.58. The van der Waals surface area contributed by atoms with Gasteiger partial charge in [0, 0.05) is 17.0 Å². The Balaban J connectivity index is 1.90. The normalized spacial score (nSPS) is 10.2. The summed E-state index contributed by atoms with van der Waals surface area (Å²) in [5.41, 5.74) is 0.816. The molecule has 0 atom stereocenters. The molecular formula is C17H18FNO3S.